The van der Waals surface area contributed by atoms with Crippen LogP contribution in [0.2, 0.25) is 0 Å². The second-order valence-corrected chi connectivity index (χ2v) is 7.91. The normalized spacial score (nSPS) is 11.3. The predicted octanol–water partition coefficient (Wildman–Crippen LogP) is 2.40. The zero-order valence-electron chi connectivity index (χ0n) is 12.2. The molecule has 0 aliphatic carbocycles. The molecule has 0 bridgehead atoms. The SMILES string of the molecule is Cc1nc(CC(=O)OCCCS(=O)(=O)c2ccccc2)cs1. The molecule has 118 valence electrons. The van der Waals surface area contributed by atoms with E-state index in [0.717, 1.165) is 5.01 Å². The Balaban J connectivity index is 1.74. The predicted molar refractivity (Wildman–Crippen MR) is 84.6 cm³/mol. The minimum Gasteiger partial charge on any atom is -0.465 e. The third kappa shape index (κ3) is 4.92. The molecule has 0 unspecified atom stereocenters. The summed E-state index contributed by atoms with van der Waals surface area (Å²) in [5.41, 5.74) is 0.685. The lowest BCUT2D eigenvalue weighted by Crippen LogP contribution is -2.13. The number of hydrogen-bond acceptors (Lipinski definition) is 6. The molecule has 2 aromatic rings. The van der Waals surface area contributed by atoms with E-state index in [-0.39, 0.29) is 31.2 Å². The molecular formula is C15H17NO4S2. The molecule has 0 spiro atoms. The van der Waals surface area contributed by atoms with Crippen LogP contribution in [0.4, 0.5) is 0 Å². The lowest BCUT2D eigenvalue weighted by molar-refractivity contribution is -0.142. The van der Waals surface area contributed by atoms with Gasteiger partial charge in [0.1, 0.15) is 0 Å². The standard InChI is InChI=1S/C15H17NO4S2/c1-12-16-13(11-21-12)10-15(17)20-8-5-9-22(18,19)14-6-3-2-4-7-14/h2-4,6-7,11H,5,8-10H2,1H3. The molecule has 5 nitrogen and oxygen atoms in total. The minimum atomic E-state index is -3.32. The van der Waals surface area contributed by atoms with E-state index in [0.29, 0.717) is 10.6 Å². The Morgan fingerprint density at radius 2 is 2.00 bits per heavy atom. The molecule has 1 aromatic heterocycles. The van der Waals surface area contributed by atoms with E-state index in [4.69, 9.17) is 4.74 Å². The molecule has 0 saturated heterocycles. The second-order valence-electron chi connectivity index (χ2n) is 4.74. The lowest BCUT2D eigenvalue weighted by atomic mass is 10.3. The molecule has 0 fully saturated rings. The van der Waals surface area contributed by atoms with Gasteiger partial charge in [-0.2, -0.15) is 0 Å². The Labute approximate surface area is 133 Å². The van der Waals surface area contributed by atoms with Crippen LogP contribution in [0.3, 0.4) is 0 Å². The number of ether oxygens (including phenoxy) is 1. The summed E-state index contributed by atoms with van der Waals surface area (Å²) in [5, 5.41) is 2.72. The summed E-state index contributed by atoms with van der Waals surface area (Å²) >= 11 is 1.48. The summed E-state index contributed by atoms with van der Waals surface area (Å²) in [6, 6.07) is 8.25. The van der Waals surface area contributed by atoms with Crippen LogP contribution in [-0.4, -0.2) is 31.7 Å². The van der Waals surface area contributed by atoms with E-state index in [9.17, 15) is 13.2 Å². The Bertz CT molecular complexity index is 723. The first-order chi connectivity index (χ1) is 10.5. The van der Waals surface area contributed by atoms with Crippen molar-refractivity contribution in [3.8, 4) is 0 Å². The summed E-state index contributed by atoms with van der Waals surface area (Å²) in [6.45, 7) is 1.96. The van der Waals surface area contributed by atoms with Crippen LogP contribution in [0.25, 0.3) is 0 Å². The van der Waals surface area contributed by atoms with E-state index in [2.05, 4.69) is 4.98 Å². The molecule has 2 rings (SSSR count). The molecule has 22 heavy (non-hydrogen) atoms. The number of benzene rings is 1. The first kappa shape index (κ1) is 16.6. The highest BCUT2D eigenvalue weighted by Gasteiger charge is 2.14. The zero-order valence-corrected chi connectivity index (χ0v) is 13.8. The topological polar surface area (TPSA) is 73.3 Å². The Kier molecular flexibility index (Phi) is 5.68. The van der Waals surface area contributed by atoms with E-state index >= 15 is 0 Å². The molecule has 1 aromatic carbocycles. The van der Waals surface area contributed by atoms with Gasteiger partial charge in [-0.25, -0.2) is 13.4 Å². The largest absolute Gasteiger partial charge is 0.465 e. The van der Waals surface area contributed by atoms with Gasteiger partial charge in [0.05, 0.1) is 34.4 Å². The Morgan fingerprint density at radius 3 is 2.64 bits per heavy atom. The van der Waals surface area contributed by atoms with Crippen LogP contribution in [0, 0.1) is 6.92 Å². The minimum absolute atomic E-state index is 0.0416. The van der Waals surface area contributed by atoms with Crippen molar-refractivity contribution in [1.29, 1.82) is 0 Å². The number of carbonyl (C=O) groups excluding carboxylic acids is 1. The number of aromatic nitrogens is 1. The highest BCUT2D eigenvalue weighted by Crippen LogP contribution is 2.11. The molecule has 0 aliphatic heterocycles. The fourth-order valence-electron chi connectivity index (χ4n) is 1.87. The fraction of sp³-hybridized carbons (Fsp3) is 0.333. The van der Waals surface area contributed by atoms with Crippen molar-refractivity contribution in [3.63, 3.8) is 0 Å². The maximum atomic E-state index is 12.0. The van der Waals surface area contributed by atoms with Crippen molar-refractivity contribution >= 4 is 27.1 Å². The summed E-state index contributed by atoms with van der Waals surface area (Å²) in [7, 11) is -3.32. The molecule has 0 radical (unpaired) electrons. The Morgan fingerprint density at radius 1 is 1.27 bits per heavy atom. The first-order valence-electron chi connectivity index (χ1n) is 6.82. The molecule has 7 heteroatoms. The van der Waals surface area contributed by atoms with Crippen LogP contribution in [0.1, 0.15) is 17.1 Å². The van der Waals surface area contributed by atoms with E-state index in [1.807, 2.05) is 12.3 Å². The molecule has 1 heterocycles. The van der Waals surface area contributed by atoms with Gasteiger partial charge in [-0.1, -0.05) is 18.2 Å². The number of hydrogen-bond donors (Lipinski definition) is 0. The first-order valence-corrected chi connectivity index (χ1v) is 9.35. The summed E-state index contributed by atoms with van der Waals surface area (Å²) in [5.74, 6) is -0.428. The van der Waals surface area contributed by atoms with Crippen molar-refractivity contribution in [2.75, 3.05) is 12.4 Å². The van der Waals surface area contributed by atoms with E-state index < -0.39 is 9.84 Å². The van der Waals surface area contributed by atoms with Crippen LogP contribution in [-0.2, 0) is 25.8 Å². The van der Waals surface area contributed by atoms with Crippen LogP contribution in [0.15, 0.2) is 40.6 Å². The second kappa shape index (κ2) is 7.51. The summed E-state index contributed by atoms with van der Waals surface area (Å²) in [6.07, 6.45) is 0.398. The summed E-state index contributed by atoms with van der Waals surface area (Å²) < 4.78 is 29.1. The van der Waals surface area contributed by atoms with Crippen molar-refractivity contribution in [3.05, 3.63) is 46.4 Å². The number of esters is 1. The molecule has 0 atom stereocenters. The molecular weight excluding hydrogens is 322 g/mol. The van der Waals surface area contributed by atoms with Gasteiger partial charge in [0.15, 0.2) is 9.84 Å². The number of rotatable bonds is 7. The van der Waals surface area contributed by atoms with Gasteiger partial charge < -0.3 is 4.74 Å². The summed E-state index contributed by atoms with van der Waals surface area (Å²) in [4.78, 5) is 16.1. The van der Waals surface area contributed by atoms with E-state index in [1.165, 1.54) is 11.3 Å². The van der Waals surface area contributed by atoms with Crippen LogP contribution in [0.5, 0.6) is 0 Å². The Hall–Kier alpha value is -1.73. The van der Waals surface area contributed by atoms with Crippen LogP contribution < -0.4 is 0 Å². The quantitative estimate of drug-likeness (QED) is 0.572. The fourth-order valence-corrected chi connectivity index (χ4v) is 3.79. The molecule has 0 saturated carbocycles. The highest BCUT2D eigenvalue weighted by molar-refractivity contribution is 7.91. The van der Waals surface area contributed by atoms with Gasteiger partial charge in [0.25, 0.3) is 0 Å². The lowest BCUT2D eigenvalue weighted by Gasteiger charge is -2.05. The van der Waals surface area contributed by atoms with Gasteiger partial charge in [-0.15, -0.1) is 11.3 Å². The molecule has 0 amide bonds. The van der Waals surface area contributed by atoms with Gasteiger partial charge in [-0.3, -0.25) is 4.79 Å². The van der Waals surface area contributed by atoms with E-state index in [1.54, 1.807) is 30.3 Å². The van der Waals surface area contributed by atoms with Gasteiger partial charge in [-0.05, 0) is 25.5 Å². The molecule has 0 N–H and O–H groups in total. The van der Waals surface area contributed by atoms with Crippen LogP contribution >= 0.6 is 11.3 Å². The number of nitrogens with zero attached hydrogens (tertiary/aromatic N) is 1. The van der Waals surface area contributed by atoms with Gasteiger partial charge in [0, 0.05) is 5.38 Å². The van der Waals surface area contributed by atoms with Gasteiger partial charge >= 0.3 is 5.97 Å². The zero-order chi connectivity index (χ0) is 16.0. The van der Waals surface area contributed by atoms with Crippen molar-refractivity contribution in [2.24, 2.45) is 0 Å². The number of aryl methyl sites for hydroxylation is 1. The third-order valence-corrected chi connectivity index (χ3v) is 5.55. The average Bonchev–Trinajstić information content (AvgIpc) is 2.90. The maximum Gasteiger partial charge on any atom is 0.311 e. The van der Waals surface area contributed by atoms with Gasteiger partial charge in [0.2, 0.25) is 0 Å². The average molecular weight is 339 g/mol. The number of sulfone groups is 1. The van der Waals surface area contributed by atoms with Crippen molar-refractivity contribution in [1.82, 2.24) is 4.98 Å². The number of carbonyl (C=O) groups is 1. The highest BCUT2D eigenvalue weighted by atomic mass is 32.2. The van der Waals surface area contributed by atoms with Crippen molar-refractivity contribution in [2.45, 2.75) is 24.7 Å². The number of thiazole rings is 1. The third-order valence-electron chi connectivity index (χ3n) is 2.91. The smallest absolute Gasteiger partial charge is 0.311 e. The monoisotopic (exact) mass is 339 g/mol. The maximum absolute atomic E-state index is 12.0. The van der Waals surface area contributed by atoms with Crippen molar-refractivity contribution < 1.29 is 17.9 Å². The molecule has 0 aliphatic rings.